The first-order valence-electron chi connectivity index (χ1n) is 5.13. The minimum Gasteiger partial charge on any atom is -0.326 e. The molecule has 0 unspecified atom stereocenters. The molecule has 6 heteroatoms. The highest BCUT2D eigenvalue weighted by Gasteiger charge is 2.05. The van der Waals surface area contributed by atoms with Crippen molar-refractivity contribution in [2.24, 2.45) is 5.73 Å². The largest absolute Gasteiger partial charge is 0.326 e. The molecule has 94 valence electrons. The van der Waals surface area contributed by atoms with Crippen molar-refractivity contribution in [3.05, 3.63) is 42.0 Å². The summed E-state index contributed by atoms with van der Waals surface area (Å²) >= 11 is 0. The van der Waals surface area contributed by atoms with Gasteiger partial charge in [-0.15, -0.1) is 12.4 Å². The molecule has 0 saturated carbocycles. The van der Waals surface area contributed by atoms with E-state index >= 15 is 0 Å². The average Bonchev–Trinajstić information content (AvgIpc) is 2.79. The third-order valence-electron chi connectivity index (χ3n) is 2.46. The summed E-state index contributed by atoms with van der Waals surface area (Å²) in [7, 11) is 0. The molecule has 0 bridgehead atoms. The van der Waals surface area contributed by atoms with E-state index in [4.69, 9.17) is 11.0 Å². The maximum Gasteiger partial charge on any atom is 0.128 e. The summed E-state index contributed by atoms with van der Waals surface area (Å²) in [6, 6.07) is 6.76. The number of benzene rings is 1. The predicted octanol–water partition coefficient (Wildman–Crippen LogP) is 2.09. The molecule has 0 spiro atoms. The number of rotatable bonds is 3. The molecular formula is C12H12ClFN4. The van der Waals surface area contributed by atoms with Crippen molar-refractivity contribution >= 4 is 12.4 Å². The Hall–Kier alpha value is -1.90. The number of aromatic nitrogens is 2. The number of hydrogen-bond acceptors (Lipinski definition) is 3. The summed E-state index contributed by atoms with van der Waals surface area (Å²) in [5.74, 6) is -0.305. The van der Waals surface area contributed by atoms with Crippen LogP contribution in [0.5, 0.6) is 0 Å². The van der Waals surface area contributed by atoms with E-state index in [1.165, 1.54) is 10.7 Å². The highest BCUT2D eigenvalue weighted by atomic mass is 35.5. The zero-order valence-corrected chi connectivity index (χ0v) is 10.3. The molecule has 0 fully saturated rings. The van der Waals surface area contributed by atoms with Crippen molar-refractivity contribution in [2.75, 3.05) is 0 Å². The van der Waals surface area contributed by atoms with Gasteiger partial charge in [-0.3, -0.25) is 4.68 Å². The van der Waals surface area contributed by atoms with Crippen molar-refractivity contribution < 1.29 is 4.39 Å². The Balaban J connectivity index is 0.00000162. The fourth-order valence-corrected chi connectivity index (χ4v) is 1.58. The quantitative estimate of drug-likeness (QED) is 0.925. The van der Waals surface area contributed by atoms with Crippen LogP contribution in [-0.2, 0) is 13.1 Å². The molecule has 0 radical (unpaired) electrons. The topological polar surface area (TPSA) is 67.6 Å². The fourth-order valence-electron chi connectivity index (χ4n) is 1.58. The van der Waals surface area contributed by atoms with Crippen LogP contribution in [0.2, 0.25) is 0 Å². The first-order chi connectivity index (χ1) is 8.24. The van der Waals surface area contributed by atoms with E-state index in [-0.39, 0.29) is 31.3 Å². The van der Waals surface area contributed by atoms with Crippen molar-refractivity contribution in [3.63, 3.8) is 0 Å². The minimum absolute atomic E-state index is 0. The fraction of sp³-hybridized carbons (Fsp3) is 0.167. The molecule has 0 aliphatic heterocycles. The van der Waals surface area contributed by atoms with Gasteiger partial charge >= 0.3 is 0 Å². The van der Waals surface area contributed by atoms with Gasteiger partial charge in [-0.2, -0.15) is 10.4 Å². The van der Waals surface area contributed by atoms with Gasteiger partial charge in [0.05, 0.1) is 12.3 Å². The van der Waals surface area contributed by atoms with E-state index in [1.807, 2.05) is 6.07 Å². The van der Waals surface area contributed by atoms with Gasteiger partial charge < -0.3 is 5.73 Å². The Morgan fingerprint density at radius 2 is 2.17 bits per heavy atom. The molecule has 1 heterocycles. The lowest BCUT2D eigenvalue weighted by atomic mass is 10.1. The van der Waals surface area contributed by atoms with E-state index in [0.717, 1.165) is 11.1 Å². The Morgan fingerprint density at radius 1 is 1.39 bits per heavy atom. The normalized spacial score (nSPS) is 9.61. The Kier molecular flexibility index (Phi) is 4.84. The van der Waals surface area contributed by atoms with Crippen molar-refractivity contribution in [1.82, 2.24) is 9.78 Å². The van der Waals surface area contributed by atoms with E-state index in [0.29, 0.717) is 5.56 Å². The number of hydrogen-bond donors (Lipinski definition) is 1. The van der Waals surface area contributed by atoms with Crippen molar-refractivity contribution in [3.8, 4) is 17.2 Å². The number of halogens is 2. The zero-order chi connectivity index (χ0) is 12.3. The lowest BCUT2D eigenvalue weighted by molar-refractivity contribution is 0.611. The molecule has 0 aliphatic rings. The molecule has 18 heavy (non-hydrogen) atoms. The number of nitriles is 1. The van der Waals surface area contributed by atoms with E-state index in [2.05, 4.69) is 5.10 Å². The second kappa shape index (κ2) is 6.15. The second-order valence-corrected chi connectivity index (χ2v) is 3.60. The van der Waals surface area contributed by atoms with Crippen LogP contribution in [0.15, 0.2) is 30.6 Å². The highest BCUT2D eigenvalue weighted by molar-refractivity contribution is 5.85. The molecule has 2 N–H and O–H groups in total. The maximum absolute atomic E-state index is 13.3. The summed E-state index contributed by atoms with van der Waals surface area (Å²) in [6.45, 7) is 0.358. The Labute approximate surface area is 110 Å². The molecule has 0 atom stereocenters. The third kappa shape index (κ3) is 2.86. The standard InChI is InChI=1S/C12H11FN4.ClH/c13-12-2-1-9(5-10(12)6-15)11-7-16-17(8-11)4-3-14;/h1-2,5,7-8H,4,6,15H2;1H. The maximum atomic E-state index is 13.3. The highest BCUT2D eigenvalue weighted by Crippen LogP contribution is 2.21. The predicted molar refractivity (Wildman–Crippen MR) is 68.4 cm³/mol. The average molecular weight is 267 g/mol. The Bertz CT molecular complexity index is 574. The van der Waals surface area contributed by atoms with Gasteiger partial charge in [-0.1, -0.05) is 6.07 Å². The molecule has 4 nitrogen and oxygen atoms in total. The molecule has 0 amide bonds. The van der Waals surface area contributed by atoms with Crippen molar-refractivity contribution in [1.29, 1.82) is 5.26 Å². The Morgan fingerprint density at radius 3 is 2.83 bits per heavy atom. The van der Waals surface area contributed by atoms with E-state index in [1.54, 1.807) is 24.5 Å². The van der Waals surface area contributed by atoms with Gasteiger partial charge in [0.15, 0.2) is 0 Å². The first kappa shape index (κ1) is 14.2. The molecule has 0 aliphatic carbocycles. The van der Waals surface area contributed by atoms with Crippen LogP contribution in [0.1, 0.15) is 5.56 Å². The molecule has 1 aromatic heterocycles. The summed E-state index contributed by atoms with van der Waals surface area (Å²) in [5, 5.41) is 12.6. The molecule has 2 rings (SSSR count). The van der Waals surface area contributed by atoms with Crippen LogP contribution >= 0.6 is 12.4 Å². The zero-order valence-electron chi connectivity index (χ0n) is 9.51. The van der Waals surface area contributed by atoms with E-state index in [9.17, 15) is 4.39 Å². The number of nitrogens with two attached hydrogens (primary N) is 1. The lowest BCUT2D eigenvalue weighted by Gasteiger charge is -2.02. The molecule has 1 aromatic carbocycles. The SMILES string of the molecule is Cl.N#CCn1cc(-c2ccc(F)c(CN)c2)cn1. The van der Waals surface area contributed by atoms with Crippen LogP contribution in [0, 0.1) is 17.1 Å². The molecule has 0 saturated heterocycles. The summed E-state index contributed by atoms with van der Waals surface area (Å²) in [5.41, 5.74) is 7.60. The smallest absolute Gasteiger partial charge is 0.128 e. The minimum atomic E-state index is -0.305. The van der Waals surface area contributed by atoms with Crippen LogP contribution in [-0.4, -0.2) is 9.78 Å². The van der Waals surface area contributed by atoms with Gasteiger partial charge in [0, 0.05) is 23.9 Å². The van der Waals surface area contributed by atoms with Crippen LogP contribution in [0.25, 0.3) is 11.1 Å². The monoisotopic (exact) mass is 266 g/mol. The second-order valence-electron chi connectivity index (χ2n) is 3.60. The third-order valence-corrected chi connectivity index (χ3v) is 2.46. The number of nitrogens with zero attached hydrogens (tertiary/aromatic N) is 3. The summed E-state index contributed by atoms with van der Waals surface area (Å²) in [4.78, 5) is 0. The van der Waals surface area contributed by atoms with Gasteiger partial charge in [-0.05, 0) is 17.7 Å². The van der Waals surface area contributed by atoms with Crippen LogP contribution < -0.4 is 5.73 Å². The first-order valence-corrected chi connectivity index (χ1v) is 5.13. The van der Waals surface area contributed by atoms with Crippen LogP contribution in [0.4, 0.5) is 4.39 Å². The van der Waals surface area contributed by atoms with Crippen molar-refractivity contribution in [2.45, 2.75) is 13.1 Å². The molecular weight excluding hydrogens is 255 g/mol. The molecule has 2 aromatic rings. The van der Waals surface area contributed by atoms with E-state index < -0.39 is 0 Å². The van der Waals surface area contributed by atoms with Crippen LogP contribution in [0.3, 0.4) is 0 Å². The summed E-state index contributed by atoms with van der Waals surface area (Å²) in [6.07, 6.45) is 3.39. The summed E-state index contributed by atoms with van der Waals surface area (Å²) < 4.78 is 14.8. The lowest BCUT2D eigenvalue weighted by Crippen LogP contribution is -1.99. The van der Waals surface area contributed by atoms with Gasteiger partial charge in [0.25, 0.3) is 0 Å². The van der Waals surface area contributed by atoms with Gasteiger partial charge in [0.2, 0.25) is 0 Å². The van der Waals surface area contributed by atoms with Gasteiger partial charge in [-0.25, -0.2) is 4.39 Å². The van der Waals surface area contributed by atoms with Gasteiger partial charge in [0.1, 0.15) is 12.4 Å².